The molecule has 3 aromatic carbocycles. The number of carboxylic acid groups (broad SMARTS) is 8. The quantitative estimate of drug-likeness (QED) is 0.0244. The molecule has 8 amide bonds. The van der Waals surface area contributed by atoms with Crippen molar-refractivity contribution in [2.75, 3.05) is 125 Å². The smallest absolute Gasteiger partial charge is 0.326 e. The molecular formula is C72H99IN12O26. The monoisotopic (exact) mass is 1670 g/mol. The van der Waals surface area contributed by atoms with Crippen LogP contribution in [0.15, 0.2) is 78.9 Å². The van der Waals surface area contributed by atoms with Gasteiger partial charge in [0.05, 0.1) is 46.1 Å². The van der Waals surface area contributed by atoms with Crippen molar-refractivity contribution in [3.05, 3.63) is 99.1 Å². The van der Waals surface area contributed by atoms with Crippen LogP contribution < -0.4 is 47.3 Å². The number of hydrogen-bond acceptors (Lipinski definition) is 22. The van der Waals surface area contributed by atoms with Crippen LogP contribution in [0, 0.1) is 3.57 Å². The second-order valence-electron chi connectivity index (χ2n) is 26.4. The molecule has 39 heteroatoms. The maximum absolute atomic E-state index is 14.5. The van der Waals surface area contributed by atoms with E-state index in [0.717, 1.165) is 3.57 Å². The fourth-order valence-electron chi connectivity index (χ4n) is 12.6. The SMILES string of the molecule is O=C(O)CC[C@H](NC(=O)N[C@@H](CCCCNC(=O)[C@H](Cc1ccccc1)NC(=O)COc1ccc(C[C@H](NC(=O)CNC(=O)CCC(C(=O)O)N2CCN(CC(=O)O)CCN(C3(C(=O)O)CCC(=O)NCCOCCOCCNC(=O)CCC3c3ccc(I)cc3)CCN(CC(=O)O)CC2)C(=O)O)cc1)C(=O)O)C(=O)O. The van der Waals surface area contributed by atoms with Crippen molar-refractivity contribution in [1.29, 1.82) is 0 Å². The molecule has 3 aromatic rings. The Morgan fingerprint density at radius 1 is 0.532 bits per heavy atom. The van der Waals surface area contributed by atoms with Gasteiger partial charge in [-0.1, -0.05) is 54.6 Å². The van der Waals surface area contributed by atoms with Crippen LogP contribution in [0.25, 0.3) is 0 Å². The zero-order valence-electron chi connectivity index (χ0n) is 61.2. The highest BCUT2D eigenvalue weighted by molar-refractivity contribution is 14.1. The van der Waals surface area contributed by atoms with Gasteiger partial charge in [-0.2, -0.15) is 0 Å². The van der Waals surface area contributed by atoms with Crippen molar-refractivity contribution in [3.63, 3.8) is 0 Å². The molecule has 2 aliphatic heterocycles. The minimum atomic E-state index is -2.01. The van der Waals surface area contributed by atoms with Gasteiger partial charge in [-0.15, -0.1) is 0 Å². The van der Waals surface area contributed by atoms with E-state index in [-0.39, 0.29) is 168 Å². The Morgan fingerprint density at radius 2 is 1.07 bits per heavy atom. The second-order valence-corrected chi connectivity index (χ2v) is 27.6. The number of unbranched alkanes of at least 4 members (excludes halogenated alkanes) is 1. The number of urea groups is 1. The highest BCUT2D eigenvalue weighted by Crippen LogP contribution is 2.42. The normalized spacial score (nSPS) is 18.7. The van der Waals surface area contributed by atoms with Gasteiger partial charge in [0.1, 0.15) is 41.5 Å². The summed E-state index contributed by atoms with van der Waals surface area (Å²) in [4.78, 5) is 198. The molecule has 610 valence electrons. The molecule has 0 spiro atoms. The number of rotatable bonds is 37. The molecule has 2 heterocycles. The van der Waals surface area contributed by atoms with Crippen LogP contribution in [0.2, 0.25) is 0 Å². The Labute approximate surface area is 652 Å². The summed E-state index contributed by atoms with van der Waals surface area (Å²) >= 11 is 2.10. The van der Waals surface area contributed by atoms with Gasteiger partial charge in [0.25, 0.3) is 5.91 Å². The minimum absolute atomic E-state index is 0.0133. The molecule has 0 saturated carbocycles. The molecule has 0 aliphatic carbocycles. The molecule has 0 bridgehead atoms. The summed E-state index contributed by atoms with van der Waals surface area (Å²) in [6.07, 6.45) is -2.75. The molecule has 16 N–H and O–H groups in total. The zero-order valence-corrected chi connectivity index (χ0v) is 63.3. The average Bonchev–Trinajstić information content (AvgIpc) is 0.760. The van der Waals surface area contributed by atoms with Crippen LogP contribution in [0.4, 0.5) is 4.79 Å². The first-order valence-corrected chi connectivity index (χ1v) is 37.1. The number of aliphatic carboxylic acids is 8. The topological polar surface area (TPSA) is 555 Å². The van der Waals surface area contributed by atoms with Crippen LogP contribution in [0.1, 0.15) is 93.2 Å². The number of nitrogens with zero attached hydrogens (tertiary/aromatic N) is 4. The van der Waals surface area contributed by atoms with E-state index < -0.39 is 176 Å². The Morgan fingerprint density at radius 3 is 1.62 bits per heavy atom. The number of hydrogen-bond donors (Lipinski definition) is 16. The molecule has 3 unspecified atom stereocenters. The molecule has 38 nitrogen and oxygen atoms in total. The summed E-state index contributed by atoms with van der Waals surface area (Å²) in [6.45, 7) is -2.82. The van der Waals surface area contributed by atoms with E-state index >= 15 is 0 Å². The van der Waals surface area contributed by atoms with Gasteiger partial charge in [0.2, 0.25) is 29.5 Å². The highest BCUT2D eigenvalue weighted by Gasteiger charge is 2.51. The van der Waals surface area contributed by atoms with Gasteiger partial charge in [-0.25, -0.2) is 19.2 Å². The first-order chi connectivity index (χ1) is 52.9. The molecular weight excluding hydrogens is 1580 g/mol. The summed E-state index contributed by atoms with van der Waals surface area (Å²) in [6, 6.07) is 13.2. The lowest BCUT2D eigenvalue weighted by molar-refractivity contribution is -0.156. The van der Waals surface area contributed by atoms with E-state index in [9.17, 15) is 108 Å². The van der Waals surface area contributed by atoms with Crippen LogP contribution in [-0.4, -0.2) is 310 Å². The molecule has 2 fully saturated rings. The Balaban J connectivity index is 1.19. The van der Waals surface area contributed by atoms with Crippen LogP contribution in [-0.2, 0) is 89.4 Å². The summed E-state index contributed by atoms with van der Waals surface area (Å²) < 4.78 is 17.6. The summed E-state index contributed by atoms with van der Waals surface area (Å²) in [5, 5.41) is 101. The predicted octanol–water partition coefficient (Wildman–Crippen LogP) is -0.947. The maximum atomic E-state index is 14.5. The van der Waals surface area contributed by atoms with Crippen LogP contribution >= 0.6 is 22.6 Å². The average molecular weight is 1680 g/mol. The fourth-order valence-corrected chi connectivity index (χ4v) is 13.0. The highest BCUT2D eigenvalue weighted by atomic mass is 127. The summed E-state index contributed by atoms with van der Waals surface area (Å²) in [7, 11) is 0. The Kier molecular flexibility index (Phi) is 39.9. The number of amides is 8. The van der Waals surface area contributed by atoms with Crippen molar-refractivity contribution >= 4 is 112 Å². The van der Waals surface area contributed by atoms with Gasteiger partial charge in [-0.3, -0.25) is 72.3 Å². The lowest BCUT2D eigenvalue weighted by Gasteiger charge is -2.47. The molecule has 2 aliphatic rings. The van der Waals surface area contributed by atoms with E-state index in [1.807, 2.05) is 5.32 Å². The number of halogens is 1. The largest absolute Gasteiger partial charge is 0.484 e. The Bertz CT molecular complexity index is 3590. The van der Waals surface area contributed by atoms with Gasteiger partial charge >= 0.3 is 53.8 Å². The number of nitrogens with one attached hydrogen (secondary N) is 8. The molecule has 111 heavy (non-hydrogen) atoms. The van der Waals surface area contributed by atoms with Gasteiger partial charge < -0.3 is 97.6 Å². The third kappa shape index (κ3) is 33.9. The predicted molar refractivity (Wildman–Crippen MR) is 399 cm³/mol. The van der Waals surface area contributed by atoms with Crippen molar-refractivity contribution in [2.45, 2.75) is 125 Å². The molecule has 0 radical (unpaired) electrons. The fraction of sp³-hybridized carbons (Fsp3) is 0.542. The molecule has 7 atom stereocenters. The van der Waals surface area contributed by atoms with Gasteiger partial charge in [-0.05, 0) is 108 Å². The summed E-state index contributed by atoms with van der Waals surface area (Å²) in [5.74, 6) is -15.8. The number of ether oxygens (including phenoxy) is 3. The van der Waals surface area contributed by atoms with Crippen molar-refractivity contribution in [3.8, 4) is 5.75 Å². The van der Waals surface area contributed by atoms with Crippen molar-refractivity contribution < 1.29 is 127 Å². The zero-order chi connectivity index (χ0) is 81.4. The molecule has 5 rings (SSSR count). The van der Waals surface area contributed by atoms with Gasteiger partial charge in [0.15, 0.2) is 6.61 Å². The first kappa shape index (κ1) is 91.4. The van der Waals surface area contributed by atoms with E-state index in [2.05, 4.69) is 59.8 Å². The number of carbonyl (C=O) groups excluding carboxylic acids is 7. The third-order valence-corrected chi connectivity index (χ3v) is 19.1. The second kappa shape index (κ2) is 48.4. The first-order valence-electron chi connectivity index (χ1n) is 36.1. The van der Waals surface area contributed by atoms with Crippen molar-refractivity contribution in [2.24, 2.45) is 0 Å². The standard InChI is InChI=1S/C72H99IN12O26/c73-49-13-11-48(12-14-49)51-17-20-57(86)74-26-36-109-38-39-110-37-27-75-59(88)23-24-72(51,70(106)107)85-34-30-82(43-63(93)94)28-32-84(33-29-83(31-35-85)44-64(95)96)56(69(104)105)19-21-58(87)77-42-60(89)79-55(68(102)103)41-47-9-15-50(16-10-47)111-45-61(90)78-54(40-46-6-2-1-3-7-46)65(97)76-25-5-4-8-52(66(98)99)80-71(108)81-53(67(100)101)18-22-62(91)92/h1-3,6-7,9-16,51-56H,4-5,8,17-45H2,(H,74,86)(H,75,88)(H,76,97)(H,77,87)(H,78,90)(H,79,89)(H,91,92)(H,93,94)(H,95,96)(H,98,99)(H,100,101)(H,102,103)(H,104,105)(H,106,107)(H2,80,81,108)/t51?,52-,53-,54-,55-,56?,72?/m0/s1. The van der Waals surface area contributed by atoms with Crippen molar-refractivity contribution in [1.82, 2.24) is 62.1 Å². The van der Waals surface area contributed by atoms with E-state index in [1.54, 1.807) is 59.5 Å². The lowest BCUT2D eigenvalue weighted by atomic mass is 9.72. The number of benzene rings is 3. The Hall–Kier alpha value is -10.2. The number of carboxylic acids is 8. The van der Waals surface area contributed by atoms with E-state index in [0.29, 0.717) is 16.7 Å². The minimum Gasteiger partial charge on any atom is -0.484 e. The van der Waals surface area contributed by atoms with E-state index in [1.165, 1.54) is 39.0 Å². The molecule has 2 saturated heterocycles. The number of carbonyl (C=O) groups is 15. The molecule has 0 aromatic heterocycles. The van der Waals surface area contributed by atoms with Gasteiger partial charge in [0, 0.05) is 120 Å². The maximum Gasteiger partial charge on any atom is 0.326 e. The lowest BCUT2D eigenvalue weighted by Crippen LogP contribution is -2.62. The van der Waals surface area contributed by atoms with Crippen LogP contribution in [0.5, 0.6) is 5.75 Å². The van der Waals surface area contributed by atoms with E-state index in [4.69, 9.17) is 19.3 Å². The van der Waals surface area contributed by atoms with Crippen LogP contribution in [0.3, 0.4) is 0 Å². The summed E-state index contributed by atoms with van der Waals surface area (Å²) in [5.41, 5.74) is -0.427. The third-order valence-electron chi connectivity index (χ3n) is 18.4.